The van der Waals surface area contributed by atoms with E-state index in [0.29, 0.717) is 5.75 Å². The van der Waals surface area contributed by atoms with Crippen molar-refractivity contribution in [3.8, 4) is 5.75 Å². The first-order chi connectivity index (χ1) is 9.24. The van der Waals surface area contributed by atoms with E-state index in [4.69, 9.17) is 0 Å². The summed E-state index contributed by atoms with van der Waals surface area (Å²) in [5.41, 5.74) is 1.74. The highest BCUT2D eigenvalue weighted by Gasteiger charge is 2.21. The molecule has 0 atom stereocenters. The Morgan fingerprint density at radius 3 is 2.74 bits per heavy atom. The Bertz CT molecular complexity index is 577. The number of aromatic hydroxyl groups is 1. The van der Waals surface area contributed by atoms with Crippen molar-refractivity contribution >= 4 is 10.9 Å². The molecule has 1 aromatic heterocycles. The lowest BCUT2D eigenvalue weighted by Crippen LogP contribution is -3.26. The molecule has 1 saturated heterocycles. The van der Waals surface area contributed by atoms with Gasteiger partial charge in [-0.1, -0.05) is 12.1 Å². The number of piperazine rings is 1. The quantitative estimate of drug-likeness (QED) is 0.638. The van der Waals surface area contributed by atoms with Gasteiger partial charge >= 0.3 is 0 Å². The number of fused-ring (bicyclic) bond motifs is 1. The van der Waals surface area contributed by atoms with Gasteiger partial charge in [-0.25, -0.2) is 0 Å². The van der Waals surface area contributed by atoms with Crippen molar-refractivity contribution in [1.29, 1.82) is 0 Å². The fourth-order valence-electron chi connectivity index (χ4n) is 2.79. The lowest BCUT2D eigenvalue weighted by molar-refractivity contribution is -1.01. The Kier molecular flexibility index (Phi) is 3.36. The number of pyridine rings is 1. The number of hydrogen-bond donors (Lipinski definition) is 3. The lowest BCUT2D eigenvalue weighted by Gasteiger charge is -2.27. The molecule has 0 unspecified atom stereocenters. The van der Waals surface area contributed by atoms with Crippen LogP contribution in [0, 0.1) is 0 Å². The molecule has 0 aliphatic carbocycles. The summed E-state index contributed by atoms with van der Waals surface area (Å²) in [7, 11) is 2.24. The molecule has 1 aliphatic rings. The third-order valence-corrected chi connectivity index (χ3v) is 4.08. The maximum absolute atomic E-state index is 10.4. The first-order valence-corrected chi connectivity index (χ1v) is 6.94. The van der Waals surface area contributed by atoms with Crippen molar-refractivity contribution in [2.45, 2.75) is 6.54 Å². The van der Waals surface area contributed by atoms with Crippen LogP contribution in [0.2, 0.25) is 0 Å². The van der Waals surface area contributed by atoms with Crippen LogP contribution in [-0.4, -0.2) is 43.3 Å². The van der Waals surface area contributed by atoms with Crippen molar-refractivity contribution in [1.82, 2.24) is 4.98 Å². The molecule has 2 aromatic rings. The topological polar surface area (TPSA) is 42.0 Å². The van der Waals surface area contributed by atoms with E-state index < -0.39 is 0 Å². The van der Waals surface area contributed by atoms with E-state index in [0.717, 1.165) is 23.0 Å². The van der Waals surface area contributed by atoms with E-state index >= 15 is 0 Å². The van der Waals surface area contributed by atoms with E-state index in [2.05, 4.69) is 18.1 Å². The number of benzene rings is 1. The zero-order chi connectivity index (χ0) is 13.2. The Hall–Kier alpha value is -1.65. The summed E-state index contributed by atoms with van der Waals surface area (Å²) in [6.07, 6.45) is 1.73. The van der Waals surface area contributed by atoms with Gasteiger partial charge < -0.3 is 14.9 Å². The van der Waals surface area contributed by atoms with Crippen LogP contribution in [0.25, 0.3) is 10.9 Å². The van der Waals surface area contributed by atoms with Crippen LogP contribution in [0.3, 0.4) is 0 Å². The highest BCUT2D eigenvalue weighted by Crippen LogP contribution is 2.25. The summed E-state index contributed by atoms with van der Waals surface area (Å²) in [6, 6.07) is 7.98. The summed E-state index contributed by atoms with van der Waals surface area (Å²) in [4.78, 5) is 7.44. The average molecular weight is 259 g/mol. The van der Waals surface area contributed by atoms with Crippen LogP contribution in [-0.2, 0) is 6.54 Å². The van der Waals surface area contributed by atoms with Crippen molar-refractivity contribution in [2.75, 3.05) is 33.2 Å². The average Bonchev–Trinajstić information content (AvgIpc) is 2.45. The van der Waals surface area contributed by atoms with Crippen molar-refractivity contribution in [3.63, 3.8) is 0 Å². The molecule has 4 heteroatoms. The zero-order valence-electron chi connectivity index (χ0n) is 11.3. The van der Waals surface area contributed by atoms with Gasteiger partial charge in [-0.3, -0.25) is 4.98 Å². The molecule has 0 spiro atoms. The molecule has 1 fully saturated rings. The van der Waals surface area contributed by atoms with Crippen LogP contribution in [0.5, 0.6) is 5.75 Å². The molecular formula is C15H21N3O+2. The van der Waals surface area contributed by atoms with Gasteiger partial charge in [-0.2, -0.15) is 0 Å². The first-order valence-electron chi connectivity index (χ1n) is 6.94. The number of quaternary nitrogens is 2. The second-order valence-electron chi connectivity index (χ2n) is 5.53. The molecular weight excluding hydrogens is 238 g/mol. The predicted octanol–water partition coefficient (Wildman–Crippen LogP) is -1.15. The number of nitrogens with zero attached hydrogens (tertiary/aromatic N) is 1. The minimum Gasteiger partial charge on any atom is -0.505 e. The second-order valence-corrected chi connectivity index (χ2v) is 5.53. The van der Waals surface area contributed by atoms with Gasteiger partial charge in [-0.05, 0) is 12.1 Å². The molecule has 1 aromatic carbocycles. The molecule has 4 nitrogen and oxygen atoms in total. The molecule has 0 radical (unpaired) electrons. The first kappa shape index (κ1) is 12.4. The Morgan fingerprint density at radius 1 is 1.16 bits per heavy atom. The van der Waals surface area contributed by atoms with E-state index in [9.17, 15) is 5.11 Å². The van der Waals surface area contributed by atoms with Crippen molar-refractivity contribution in [3.05, 3.63) is 36.0 Å². The van der Waals surface area contributed by atoms with Crippen LogP contribution >= 0.6 is 0 Å². The van der Waals surface area contributed by atoms with Crippen LogP contribution < -0.4 is 9.80 Å². The van der Waals surface area contributed by atoms with Gasteiger partial charge in [0.15, 0.2) is 5.75 Å². The number of phenols is 1. The Labute approximate surface area is 113 Å². The molecule has 0 saturated carbocycles. The number of hydrogen-bond acceptors (Lipinski definition) is 2. The Balaban J connectivity index is 1.83. The van der Waals surface area contributed by atoms with Gasteiger partial charge in [0, 0.05) is 11.6 Å². The molecule has 2 heterocycles. The molecule has 0 bridgehead atoms. The van der Waals surface area contributed by atoms with E-state index in [1.165, 1.54) is 26.2 Å². The van der Waals surface area contributed by atoms with Gasteiger partial charge in [0.1, 0.15) is 38.2 Å². The van der Waals surface area contributed by atoms with Crippen molar-refractivity contribution in [2.24, 2.45) is 0 Å². The van der Waals surface area contributed by atoms with Crippen LogP contribution in [0.1, 0.15) is 5.56 Å². The number of phenolic OH excluding ortho intramolecular Hbond substituents is 1. The van der Waals surface area contributed by atoms with Gasteiger partial charge in [0.2, 0.25) is 0 Å². The predicted molar refractivity (Wildman–Crippen MR) is 74.4 cm³/mol. The van der Waals surface area contributed by atoms with E-state index in [-0.39, 0.29) is 0 Å². The highest BCUT2D eigenvalue weighted by atomic mass is 16.3. The standard InChI is InChI=1S/C15H19N3O/c1-17-7-9-18(10-8-17)11-13-5-4-12-3-2-6-16-14(12)15(13)19/h2-6,19H,7-11H2,1H3/p+2. The Morgan fingerprint density at radius 2 is 1.95 bits per heavy atom. The summed E-state index contributed by atoms with van der Waals surface area (Å²) in [5, 5.41) is 11.4. The van der Waals surface area contributed by atoms with Crippen molar-refractivity contribution < 1.29 is 14.9 Å². The van der Waals surface area contributed by atoms with Crippen LogP contribution in [0.4, 0.5) is 0 Å². The SMILES string of the molecule is C[NH+]1CC[NH+](Cc2ccc3cccnc3c2O)CC1. The molecule has 3 rings (SSSR count). The summed E-state index contributed by atoms with van der Waals surface area (Å²) in [6.45, 7) is 5.66. The minimum atomic E-state index is 0.358. The largest absolute Gasteiger partial charge is 0.505 e. The number of nitrogens with one attached hydrogen (secondary N) is 2. The second kappa shape index (κ2) is 5.15. The maximum Gasteiger partial charge on any atom is 0.150 e. The third-order valence-electron chi connectivity index (χ3n) is 4.08. The minimum absolute atomic E-state index is 0.358. The zero-order valence-corrected chi connectivity index (χ0v) is 11.3. The molecule has 3 N–H and O–H groups in total. The number of likely N-dealkylation sites (N-methyl/N-ethyl adjacent to an activating group) is 1. The van der Waals surface area contributed by atoms with Gasteiger partial charge in [-0.15, -0.1) is 0 Å². The fourth-order valence-corrected chi connectivity index (χ4v) is 2.79. The summed E-state index contributed by atoms with van der Waals surface area (Å²) < 4.78 is 0. The lowest BCUT2D eigenvalue weighted by atomic mass is 10.1. The molecule has 100 valence electrons. The smallest absolute Gasteiger partial charge is 0.150 e. The summed E-state index contributed by atoms with van der Waals surface area (Å²) in [5.74, 6) is 0.358. The number of rotatable bonds is 2. The fraction of sp³-hybridized carbons (Fsp3) is 0.400. The maximum atomic E-state index is 10.4. The van der Waals surface area contributed by atoms with Gasteiger partial charge in [0.25, 0.3) is 0 Å². The van der Waals surface area contributed by atoms with E-state index in [1.54, 1.807) is 16.0 Å². The normalized spacial score (nSPS) is 23.6. The van der Waals surface area contributed by atoms with E-state index in [1.807, 2.05) is 18.2 Å². The molecule has 0 amide bonds. The third kappa shape index (κ3) is 2.55. The number of aromatic nitrogens is 1. The monoisotopic (exact) mass is 259 g/mol. The summed E-state index contributed by atoms with van der Waals surface area (Å²) >= 11 is 0. The molecule has 1 aliphatic heterocycles. The van der Waals surface area contributed by atoms with Crippen LogP contribution in [0.15, 0.2) is 30.5 Å². The highest BCUT2D eigenvalue weighted by molar-refractivity contribution is 5.85. The molecule has 19 heavy (non-hydrogen) atoms. The van der Waals surface area contributed by atoms with Gasteiger partial charge in [0.05, 0.1) is 12.6 Å².